The number of rotatable bonds is 6. The molecular weight excluding hydrogens is 266 g/mol. The number of nitrogens with two attached hydrogens (primary N) is 1. The molecule has 2 N–H and O–H groups in total. The lowest BCUT2D eigenvalue weighted by Gasteiger charge is -2.19. The van der Waals surface area contributed by atoms with Crippen molar-refractivity contribution in [2.24, 2.45) is 0 Å². The van der Waals surface area contributed by atoms with Gasteiger partial charge in [-0.1, -0.05) is 0 Å². The van der Waals surface area contributed by atoms with Gasteiger partial charge in [-0.3, -0.25) is 4.79 Å². The van der Waals surface area contributed by atoms with Gasteiger partial charge in [0.2, 0.25) is 5.91 Å². The van der Waals surface area contributed by atoms with Crippen LogP contribution in [0, 0.1) is 0 Å². The van der Waals surface area contributed by atoms with Crippen molar-refractivity contribution in [2.75, 3.05) is 18.8 Å². The number of carbonyl (C=O) groups excluding carboxylic acids is 1. The van der Waals surface area contributed by atoms with Crippen molar-refractivity contribution in [2.45, 2.75) is 26.8 Å². The topological polar surface area (TPSA) is 77.0 Å². The zero-order valence-electron chi connectivity index (χ0n) is 12.5. The summed E-state index contributed by atoms with van der Waals surface area (Å²) in [6.07, 6.45) is 5.69. The van der Waals surface area contributed by atoms with Crippen molar-refractivity contribution in [3.8, 4) is 11.3 Å². The second-order valence-electron chi connectivity index (χ2n) is 4.76. The number of imidazole rings is 1. The molecule has 0 bridgehead atoms. The third-order valence-electron chi connectivity index (χ3n) is 3.48. The minimum Gasteiger partial charge on any atom is -0.384 e. The maximum absolute atomic E-state index is 12.1. The molecule has 0 unspecified atom stereocenters. The first kappa shape index (κ1) is 15.0. The molecule has 2 heterocycles. The highest BCUT2D eigenvalue weighted by Crippen LogP contribution is 2.19. The molecule has 21 heavy (non-hydrogen) atoms. The van der Waals surface area contributed by atoms with E-state index in [4.69, 9.17) is 5.73 Å². The van der Waals surface area contributed by atoms with Crippen molar-refractivity contribution in [1.82, 2.24) is 19.4 Å². The first-order chi connectivity index (χ1) is 10.2. The van der Waals surface area contributed by atoms with Crippen molar-refractivity contribution in [1.29, 1.82) is 0 Å². The molecule has 0 spiro atoms. The Bertz CT molecular complexity index is 586. The van der Waals surface area contributed by atoms with Crippen LogP contribution in [0.3, 0.4) is 0 Å². The molecule has 0 atom stereocenters. The number of amides is 1. The number of carbonyl (C=O) groups is 1. The van der Waals surface area contributed by atoms with Gasteiger partial charge in [-0.05, 0) is 26.0 Å². The van der Waals surface area contributed by atoms with Gasteiger partial charge in [0.05, 0.1) is 18.2 Å². The van der Waals surface area contributed by atoms with E-state index in [1.165, 1.54) is 0 Å². The lowest BCUT2D eigenvalue weighted by molar-refractivity contribution is -0.131. The summed E-state index contributed by atoms with van der Waals surface area (Å²) in [6.45, 7) is 6.07. The molecule has 0 aliphatic rings. The molecule has 0 aliphatic carbocycles. The maximum Gasteiger partial charge on any atom is 0.224 e. The molecule has 0 radical (unpaired) electrons. The van der Waals surface area contributed by atoms with Crippen LogP contribution in [0.15, 0.2) is 30.9 Å². The van der Waals surface area contributed by atoms with Gasteiger partial charge in [0, 0.05) is 37.8 Å². The molecule has 2 aromatic rings. The highest BCUT2D eigenvalue weighted by Gasteiger charge is 2.11. The average Bonchev–Trinajstić information content (AvgIpc) is 2.95. The van der Waals surface area contributed by atoms with Gasteiger partial charge in [0.15, 0.2) is 0 Å². The monoisotopic (exact) mass is 287 g/mol. The Morgan fingerprint density at radius 2 is 2.05 bits per heavy atom. The van der Waals surface area contributed by atoms with Crippen LogP contribution in [0.4, 0.5) is 5.82 Å². The summed E-state index contributed by atoms with van der Waals surface area (Å²) in [5.74, 6) is 0.650. The van der Waals surface area contributed by atoms with E-state index in [1.54, 1.807) is 24.8 Å². The molecular formula is C15H21N5O. The van der Waals surface area contributed by atoms with E-state index >= 15 is 0 Å². The molecule has 0 fully saturated rings. The van der Waals surface area contributed by atoms with Crippen LogP contribution in [0.1, 0.15) is 20.3 Å². The van der Waals surface area contributed by atoms with E-state index in [0.29, 0.717) is 18.8 Å². The Morgan fingerprint density at radius 3 is 2.67 bits per heavy atom. The Kier molecular flexibility index (Phi) is 4.92. The van der Waals surface area contributed by atoms with Crippen molar-refractivity contribution < 1.29 is 4.79 Å². The van der Waals surface area contributed by atoms with Gasteiger partial charge in [-0.25, -0.2) is 9.97 Å². The van der Waals surface area contributed by atoms with Crippen LogP contribution < -0.4 is 5.73 Å². The van der Waals surface area contributed by atoms with E-state index in [2.05, 4.69) is 9.97 Å². The minimum absolute atomic E-state index is 0.162. The van der Waals surface area contributed by atoms with Crippen LogP contribution in [0.25, 0.3) is 11.3 Å². The number of hydrogen-bond donors (Lipinski definition) is 1. The van der Waals surface area contributed by atoms with Crippen LogP contribution in [-0.4, -0.2) is 38.4 Å². The summed E-state index contributed by atoms with van der Waals surface area (Å²) in [5.41, 5.74) is 7.48. The third-order valence-corrected chi connectivity index (χ3v) is 3.48. The molecule has 112 valence electrons. The van der Waals surface area contributed by atoms with Crippen LogP contribution >= 0.6 is 0 Å². The third kappa shape index (κ3) is 3.59. The van der Waals surface area contributed by atoms with Crippen LogP contribution in [-0.2, 0) is 11.3 Å². The first-order valence-corrected chi connectivity index (χ1v) is 7.15. The molecule has 6 heteroatoms. The normalized spacial score (nSPS) is 10.6. The fourth-order valence-corrected chi connectivity index (χ4v) is 2.25. The van der Waals surface area contributed by atoms with Crippen LogP contribution in [0.2, 0.25) is 0 Å². The number of anilines is 1. The second kappa shape index (κ2) is 6.88. The molecule has 2 aromatic heterocycles. The molecule has 1 amide bonds. The molecule has 2 rings (SSSR count). The predicted molar refractivity (Wildman–Crippen MR) is 82.4 cm³/mol. The quantitative estimate of drug-likeness (QED) is 0.878. The predicted octanol–water partition coefficient (Wildman–Crippen LogP) is 1.79. The summed E-state index contributed by atoms with van der Waals surface area (Å²) in [5, 5.41) is 0. The molecule has 0 saturated carbocycles. The van der Waals surface area contributed by atoms with Gasteiger partial charge in [-0.15, -0.1) is 0 Å². The Balaban J connectivity index is 2.07. The van der Waals surface area contributed by atoms with Gasteiger partial charge in [0.25, 0.3) is 0 Å². The van der Waals surface area contributed by atoms with Gasteiger partial charge in [0.1, 0.15) is 5.82 Å². The minimum atomic E-state index is 0.162. The second-order valence-corrected chi connectivity index (χ2v) is 4.76. The maximum atomic E-state index is 12.1. The molecule has 6 nitrogen and oxygen atoms in total. The summed E-state index contributed by atoms with van der Waals surface area (Å²) in [6, 6.07) is 3.66. The number of nitrogen functional groups attached to an aromatic ring is 1. The number of aromatic nitrogens is 3. The smallest absolute Gasteiger partial charge is 0.224 e. The number of nitrogens with zero attached hydrogens (tertiary/aromatic N) is 4. The van der Waals surface area contributed by atoms with Crippen molar-refractivity contribution in [3.63, 3.8) is 0 Å². The largest absolute Gasteiger partial charge is 0.384 e. The highest BCUT2D eigenvalue weighted by atomic mass is 16.2. The summed E-state index contributed by atoms with van der Waals surface area (Å²) < 4.78 is 1.97. The lowest BCUT2D eigenvalue weighted by Crippen LogP contribution is -2.31. The molecule has 0 aliphatic heterocycles. The highest BCUT2D eigenvalue weighted by molar-refractivity contribution is 5.76. The van der Waals surface area contributed by atoms with E-state index in [9.17, 15) is 4.79 Å². The standard InChI is InChI=1S/C15H21N5O/c1-3-19(4-2)15(21)7-8-20-11-17-10-13(20)12-5-6-14(16)18-9-12/h5-6,9-11H,3-4,7-8H2,1-2H3,(H2,16,18). The Hall–Kier alpha value is -2.37. The zero-order valence-corrected chi connectivity index (χ0v) is 12.5. The summed E-state index contributed by atoms with van der Waals surface area (Å²) in [4.78, 5) is 22.1. The zero-order chi connectivity index (χ0) is 15.2. The van der Waals surface area contributed by atoms with Crippen LogP contribution in [0.5, 0.6) is 0 Å². The fraction of sp³-hybridized carbons (Fsp3) is 0.400. The van der Waals surface area contributed by atoms with E-state index < -0.39 is 0 Å². The number of pyridine rings is 1. The lowest BCUT2D eigenvalue weighted by atomic mass is 10.2. The summed E-state index contributed by atoms with van der Waals surface area (Å²) in [7, 11) is 0. The average molecular weight is 287 g/mol. The van der Waals surface area contributed by atoms with Gasteiger partial charge < -0.3 is 15.2 Å². The van der Waals surface area contributed by atoms with Crippen molar-refractivity contribution in [3.05, 3.63) is 30.9 Å². The SMILES string of the molecule is CCN(CC)C(=O)CCn1cncc1-c1ccc(N)nc1. The summed E-state index contributed by atoms with van der Waals surface area (Å²) >= 11 is 0. The Labute approximate surface area is 124 Å². The first-order valence-electron chi connectivity index (χ1n) is 7.15. The fourth-order valence-electron chi connectivity index (χ4n) is 2.25. The van der Waals surface area contributed by atoms with Gasteiger partial charge >= 0.3 is 0 Å². The number of aryl methyl sites for hydroxylation is 1. The molecule has 0 aromatic carbocycles. The Morgan fingerprint density at radius 1 is 1.29 bits per heavy atom. The molecule has 0 saturated heterocycles. The van der Waals surface area contributed by atoms with Gasteiger partial charge in [-0.2, -0.15) is 0 Å². The van der Waals surface area contributed by atoms with E-state index in [1.807, 2.05) is 29.4 Å². The van der Waals surface area contributed by atoms with E-state index in [0.717, 1.165) is 24.3 Å². The van der Waals surface area contributed by atoms with Crippen molar-refractivity contribution >= 4 is 11.7 Å². The van der Waals surface area contributed by atoms with E-state index in [-0.39, 0.29) is 5.91 Å². The number of hydrogen-bond acceptors (Lipinski definition) is 4.